The number of anilines is 1. The quantitative estimate of drug-likeness (QED) is 0.785. The fourth-order valence-electron chi connectivity index (χ4n) is 1.40. The highest BCUT2D eigenvalue weighted by Gasteiger charge is 2.13. The molecule has 0 amide bonds. The first-order valence-electron chi connectivity index (χ1n) is 5.13. The van der Waals surface area contributed by atoms with Crippen molar-refractivity contribution in [2.45, 2.75) is 13.8 Å². The van der Waals surface area contributed by atoms with Crippen molar-refractivity contribution < 1.29 is 0 Å². The van der Waals surface area contributed by atoms with Crippen LogP contribution in [0, 0.1) is 47.8 Å². The lowest BCUT2D eigenvalue weighted by atomic mass is 10.1. The molecule has 1 aromatic rings. The van der Waals surface area contributed by atoms with E-state index in [2.05, 4.69) is 37.2 Å². The maximum Gasteiger partial charge on any atom is 0.163 e. The lowest BCUT2D eigenvalue weighted by Crippen LogP contribution is -2.04. The summed E-state index contributed by atoms with van der Waals surface area (Å²) in [5.74, 6) is 0. The number of halogens is 2. The summed E-state index contributed by atoms with van der Waals surface area (Å²) in [6, 6.07) is 7.07. The highest BCUT2D eigenvalue weighted by Crippen LogP contribution is 2.34. The van der Waals surface area contributed by atoms with Crippen molar-refractivity contribution in [3.8, 4) is 18.2 Å². The Morgan fingerprint density at radius 1 is 1.00 bits per heavy atom. The minimum absolute atomic E-state index is 0.0597. The number of rotatable bonds is 2. The van der Waals surface area contributed by atoms with Gasteiger partial charge in [-0.1, -0.05) is 15.9 Å². The molecule has 0 aliphatic rings. The van der Waals surface area contributed by atoms with Crippen molar-refractivity contribution >= 4 is 37.5 Å². The van der Waals surface area contributed by atoms with Gasteiger partial charge in [0.1, 0.15) is 23.9 Å². The van der Waals surface area contributed by atoms with Crippen LogP contribution in [0.3, 0.4) is 0 Å². The van der Waals surface area contributed by atoms with Crippen LogP contribution in [0.15, 0.2) is 26.3 Å². The van der Waals surface area contributed by atoms with E-state index >= 15 is 0 Å². The molecule has 1 N–H and O–H groups in total. The Morgan fingerprint density at radius 3 is 2.05 bits per heavy atom. The van der Waals surface area contributed by atoms with Crippen molar-refractivity contribution in [3.63, 3.8) is 0 Å². The summed E-state index contributed by atoms with van der Waals surface area (Å²) >= 11 is 6.82. The Kier molecular flexibility index (Phi) is 5.12. The zero-order chi connectivity index (χ0) is 14.6. The SMILES string of the molecule is Cc1c(Br)cc(Br)c(NC(C#N)=C(C#N)C#N)c1C. The average Bonchev–Trinajstić information content (AvgIpc) is 2.40. The van der Waals surface area contributed by atoms with Crippen molar-refractivity contribution in [2.24, 2.45) is 0 Å². The lowest BCUT2D eigenvalue weighted by molar-refractivity contribution is 1.27. The topological polar surface area (TPSA) is 83.4 Å². The Bertz CT molecular complexity index is 669. The molecule has 0 radical (unpaired) electrons. The normalized spacial score (nSPS) is 8.89. The van der Waals surface area contributed by atoms with E-state index in [0.717, 1.165) is 20.1 Å². The number of hydrogen-bond donors (Lipinski definition) is 1. The van der Waals surface area contributed by atoms with Gasteiger partial charge in [0.25, 0.3) is 0 Å². The van der Waals surface area contributed by atoms with Gasteiger partial charge in [0.2, 0.25) is 0 Å². The summed E-state index contributed by atoms with van der Waals surface area (Å²) in [7, 11) is 0. The second kappa shape index (κ2) is 6.38. The van der Waals surface area contributed by atoms with Crippen LogP contribution in [0.2, 0.25) is 0 Å². The van der Waals surface area contributed by atoms with Crippen molar-refractivity contribution in [3.05, 3.63) is 37.4 Å². The summed E-state index contributed by atoms with van der Waals surface area (Å²) < 4.78 is 1.68. The molecule has 0 aliphatic heterocycles. The van der Waals surface area contributed by atoms with E-state index < -0.39 is 0 Å². The van der Waals surface area contributed by atoms with E-state index in [1.165, 1.54) is 0 Å². The Hall–Kier alpha value is -1.81. The van der Waals surface area contributed by atoms with Crippen LogP contribution in [0.5, 0.6) is 0 Å². The van der Waals surface area contributed by atoms with Gasteiger partial charge in [0.05, 0.1) is 5.69 Å². The first kappa shape index (κ1) is 15.2. The number of nitriles is 3. The van der Waals surface area contributed by atoms with Gasteiger partial charge in [-0.15, -0.1) is 0 Å². The van der Waals surface area contributed by atoms with E-state index in [9.17, 15) is 0 Å². The third-order valence-corrected chi connectivity index (χ3v) is 4.07. The monoisotopic (exact) mass is 378 g/mol. The van der Waals surface area contributed by atoms with E-state index in [0.29, 0.717) is 5.69 Å². The zero-order valence-corrected chi connectivity index (χ0v) is 13.3. The summed E-state index contributed by atoms with van der Waals surface area (Å²) in [4.78, 5) is 0. The van der Waals surface area contributed by atoms with Crippen LogP contribution in [0.25, 0.3) is 0 Å². The van der Waals surface area contributed by atoms with E-state index in [4.69, 9.17) is 15.8 Å². The molecule has 0 aliphatic carbocycles. The minimum Gasteiger partial charge on any atom is -0.344 e. The first-order valence-corrected chi connectivity index (χ1v) is 6.71. The molecule has 0 fully saturated rings. The smallest absolute Gasteiger partial charge is 0.163 e. The molecule has 1 rings (SSSR count). The molecule has 0 spiro atoms. The molecule has 0 saturated carbocycles. The minimum atomic E-state index is -0.241. The van der Waals surface area contributed by atoms with Gasteiger partial charge >= 0.3 is 0 Å². The van der Waals surface area contributed by atoms with Crippen LogP contribution in [-0.4, -0.2) is 0 Å². The average molecular weight is 380 g/mol. The summed E-state index contributed by atoms with van der Waals surface area (Å²) in [5.41, 5.74) is 2.30. The van der Waals surface area contributed by atoms with Gasteiger partial charge in [0, 0.05) is 8.95 Å². The number of allylic oxidation sites excluding steroid dienone is 2. The number of nitrogens with zero attached hydrogens (tertiary/aromatic N) is 3. The third-order valence-electron chi connectivity index (χ3n) is 2.62. The van der Waals surface area contributed by atoms with Gasteiger partial charge in [-0.05, 0) is 47.0 Å². The highest BCUT2D eigenvalue weighted by molar-refractivity contribution is 9.11. The second-order valence-corrected chi connectivity index (χ2v) is 5.38. The van der Waals surface area contributed by atoms with Crippen molar-refractivity contribution in [2.75, 3.05) is 5.32 Å². The lowest BCUT2D eigenvalue weighted by Gasteiger charge is -2.14. The second-order valence-electron chi connectivity index (χ2n) is 3.68. The molecule has 6 heteroatoms. The molecule has 0 saturated heterocycles. The maximum absolute atomic E-state index is 9.03. The highest BCUT2D eigenvalue weighted by atomic mass is 79.9. The van der Waals surface area contributed by atoms with Crippen molar-refractivity contribution in [1.29, 1.82) is 15.8 Å². The number of benzene rings is 1. The first-order chi connectivity index (χ1) is 8.96. The Labute approximate surface area is 128 Å². The van der Waals surface area contributed by atoms with Crippen LogP contribution in [0.1, 0.15) is 11.1 Å². The van der Waals surface area contributed by atoms with E-state index in [1.54, 1.807) is 12.1 Å². The largest absolute Gasteiger partial charge is 0.344 e. The maximum atomic E-state index is 9.03. The van der Waals surface area contributed by atoms with Crippen LogP contribution < -0.4 is 5.32 Å². The summed E-state index contributed by atoms with van der Waals surface area (Å²) in [6.07, 6.45) is 0. The zero-order valence-electron chi connectivity index (χ0n) is 10.2. The van der Waals surface area contributed by atoms with Crippen LogP contribution in [0.4, 0.5) is 5.69 Å². The molecule has 4 nitrogen and oxygen atoms in total. The van der Waals surface area contributed by atoms with Crippen molar-refractivity contribution in [1.82, 2.24) is 0 Å². The molecule has 0 aromatic heterocycles. The third kappa shape index (κ3) is 3.15. The Morgan fingerprint density at radius 2 is 1.58 bits per heavy atom. The molecular formula is C13H8Br2N4. The summed E-state index contributed by atoms with van der Waals surface area (Å²) in [5, 5.41) is 29.5. The fraction of sp³-hybridized carbons (Fsp3) is 0.154. The van der Waals surface area contributed by atoms with Gasteiger partial charge < -0.3 is 5.32 Å². The molecular weight excluding hydrogens is 372 g/mol. The Balaban J connectivity index is 3.41. The van der Waals surface area contributed by atoms with Gasteiger partial charge in [-0.25, -0.2) is 0 Å². The standard InChI is InChI=1S/C13H8Br2N4/c1-7-8(2)13(11(15)3-10(7)14)19-12(6-18)9(4-16)5-17/h3,19H,1-2H3. The molecule has 0 unspecified atom stereocenters. The number of nitrogens with one attached hydrogen (secondary N) is 1. The van der Waals surface area contributed by atoms with E-state index in [1.807, 2.05) is 26.0 Å². The van der Waals surface area contributed by atoms with Gasteiger partial charge in [-0.3, -0.25) is 0 Å². The number of hydrogen-bond acceptors (Lipinski definition) is 4. The van der Waals surface area contributed by atoms with E-state index in [-0.39, 0.29) is 11.3 Å². The molecule has 19 heavy (non-hydrogen) atoms. The molecule has 1 aromatic carbocycles. The molecule has 0 atom stereocenters. The predicted octanol–water partition coefficient (Wildman–Crippen LogP) is 4.07. The summed E-state index contributed by atoms with van der Waals surface area (Å²) in [6.45, 7) is 3.82. The van der Waals surface area contributed by atoms with Crippen LogP contribution >= 0.6 is 31.9 Å². The molecule has 0 heterocycles. The fourth-order valence-corrected chi connectivity index (χ4v) is 2.86. The van der Waals surface area contributed by atoms with Gasteiger partial charge in [-0.2, -0.15) is 15.8 Å². The van der Waals surface area contributed by atoms with Gasteiger partial charge in [0.15, 0.2) is 5.57 Å². The molecule has 94 valence electrons. The van der Waals surface area contributed by atoms with Crippen LogP contribution in [-0.2, 0) is 0 Å². The predicted molar refractivity (Wildman–Crippen MR) is 78.8 cm³/mol. The molecule has 0 bridgehead atoms.